The Hall–Kier alpha value is -1.13. The molecule has 1 fully saturated rings. The van der Waals surface area contributed by atoms with Crippen molar-refractivity contribution in [3.8, 4) is 0 Å². The Balaban J connectivity index is 2.09. The summed E-state index contributed by atoms with van der Waals surface area (Å²) in [5.41, 5.74) is 0.904. The van der Waals surface area contributed by atoms with E-state index in [-0.39, 0.29) is 16.3 Å². The van der Waals surface area contributed by atoms with Crippen LogP contribution in [0, 0.1) is 5.82 Å². The van der Waals surface area contributed by atoms with Gasteiger partial charge in [-0.1, -0.05) is 24.9 Å². The van der Waals surface area contributed by atoms with Crippen LogP contribution in [0.1, 0.15) is 38.5 Å². The largest absolute Gasteiger partial charge is 0.438 e. The molecule has 3 rings (SSSR count). The molecule has 2 aromatic rings. The minimum atomic E-state index is -0.381. The molecule has 1 aromatic heterocycles. The second-order valence-corrected chi connectivity index (χ2v) is 5.97. The predicted molar refractivity (Wildman–Crippen MR) is 77.7 cm³/mol. The van der Waals surface area contributed by atoms with E-state index in [9.17, 15) is 4.39 Å². The minimum absolute atomic E-state index is 0.0914. The van der Waals surface area contributed by atoms with Crippen LogP contribution in [-0.2, 0) is 5.41 Å². The smallest absolute Gasteiger partial charge is 0.203 e. The average Bonchev–Trinajstić information content (AvgIpc) is 2.85. The van der Waals surface area contributed by atoms with E-state index in [1.54, 1.807) is 0 Å². The molecular weight excluding hydrogens is 279 g/mol. The van der Waals surface area contributed by atoms with Crippen LogP contribution >= 0.6 is 11.6 Å². The number of halogens is 2. The number of hydrogen-bond acceptors (Lipinski definition) is 3. The summed E-state index contributed by atoms with van der Waals surface area (Å²) in [7, 11) is 0. The van der Waals surface area contributed by atoms with E-state index in [0.717, 1.165) is 38.8 Å². The Bertz CT molecular complexity index is 614. The highest BCUT2D eigenvalue weighted by atomic mass is 35.5. The molecule has 1 unspecified atom stereocenters. The normalized spacial score (nSPS) is 23.4. The first-order chi connectivity index (χ1) is 9.64. The number of fused-ring (bicyclic) bond motifs is 1. The number of rotatable bonds is 3. The summed E-state index contributed by atoms with van der Waals surface area (Å²) in [4.78, 5) is 4.52. The van der Waals surface area contributed by atoms with Crippen LogP contribution in [0.5, 0.6) is 0 Å². The van der Waals surface area contributed by atoms with Crippen molar-refractivity contribution in [2.24, 2.45) is 0 Å². The van der Waals surface area contributed by atoms with Gasteiger partial charge in [0.25, 0.3) is 0 Å². The van der Waals surface area contributed by atoms with Crippen LogP contribution in [0.4, 0.5) is 4.39 Å². The zero-order valence-corrected chi connectivity index (χ0v) is 12.3. The first kappa shape index (κ1) is 13.8. The van der Waals surface area contributed by atoms with Crippen molar-refractivity contribution in [3.63, 3.8) is 0 Å². The van der Waals surface area contributed by atoms with Crippen molar-refractivity contribution < 1.29 is 8.81 Å². The predicted octanol–water partition coefficient (Wildman–Crippen LogP) is 4.04. The van der Waals surface area contributed by atoms with Crippen molar-refractivity contribution >= 4 is 22.7 Å². The third kappa shape index (κ3) is 2.31. The lowest BCUT2D eigenvalue weighted by Gasteiger charge is -2.34. The molecule has 1 saturated heterocycles. The molecule has 1 N–H and O–H groups in total. The molecule has 1 aliphatic heterocycles. The Kier molecular flexibility index (Phi) is 3.69. The minimum Gasteiger partial charge on any atom is -0.438 e. The van der Waals surface area contributed by atoms with Crippen LogP contribution in [0.25, 0.3) is 11.1 Å². The second-order valence-electron chi connectivity index (χ2n) is 5.57. The highest BCUT2D eigenvalue weighted by Crippen LogP contribution is 2.38. The fourth-order valence-electron chi connectivity index (χ4n) is 3.14. The Labute approximate surface area is 122 Å². The van der Waals surface area contributed by atoms with E-state index >= 15 is 0 Å². The summed E-state index contributed by atoms with van der Waals surface area (Å²) in [6.07, 6.45) is 4.21. The van der Waals surface area contributed by atoms with E-state index in [2.05, 4.69) is 17.2 Å². The molecule has 0 bridgehead atoms. The molecule has 1 atom stereocenters. The number of piperidine rings is 1. The van der Waals surface area contributed by atoms with Crippen LogP contribution in [0.15, 0.2) is 16.5 Å². The van der Waals surface area contributed by atoms with E-state index in [1.165, 1.54) is 12.1 Å². The number of hydrogen-bond donors (Lipinski definition) is 1. The van der Waals surface area contributed by atoms with Gasteiger partial charge in [-0.25, -0.2) is 9.37 Å². The van der Waals surface area contributed by atoms with Crippen LogP contribution in [0.3, 0.4) is 0 Å². The van der Waals surface area contributed by atoms with Gasteiger partial charge >= 0.3 is 0 Å². The molecule has 3 nitrogen and oxygen atoms in total. The van der Waals surface area contributed by atoms with Crippen molar-refractivity contribution in [2.75, 3.05) is 13.1 Å². The van der Waals surface area contributed by atoms with Gasteiger partial charge in [0.15, 0.2) is 5.58 Å². The molecule has 1 aliphatic rings. The third-order valence-corrected chi connectivity index (χ3v) is 4.34. The molecule has 0 spiro atoms. The van der Waals surface area contributed by atoms with Gasteiger partial charge in [0, 0.05) is 12.6 Å². The van der Waals surface area contributed by atoms with Crippen molar-refractivity contribution in [3.05, 3.63) is 28.9 Å². The monoisotopic (exact) mass is 296 g/mol. The molecule has 0 saturated carbocycles. The summed E-state index contributed by atoms with van der Waals surface area (Å²) >= 11 is 6.05. The van der Waals surface area contributed by atoms with E-state index in [4.69, 9.17) is 16.0 Å². The first-order valence-electron chi connectivity index (χ1n) is 7.11. The lowest BCUT2D eigenvalue weighted by atomic mass is 9.77. The van der Waals surface area contributed by atoms with E-state index in [0.29, 0.717) is 17.0 Å². The highest BCUT2D eigenvalue weighted by molar-refractivity contribution is 6.34. The molecule has 108 valence electrons. The molecule has 20 heavy (non-hydrogen) atoms. The molecule has 0 amide bonds. The zero-order valence-electron chi connectivity index (χ0n) is 11.5. The lowest BCUT2D eigenvalue weighted by Crippen LogP contribution is -2.43. The van der Waals surface area contributed by atoms with Crippen LogP contribution in [-0.4, -0.2) is 18.1 Å². The molecule has 5 heteroatoms. The molecule has 2 heterocycles. The van der Waals surface area contributed by atoms with Crippen LogP contribution < -0.4 is 5.32 Å². The molecule has 0 aliphatic carbocycles. The fourth-order valence-corrected chi connectivity index (χ4v) is 3.38. The quantitative estimate of drug-likeness (QED) is 0.929. The van der Waals surface area contributed by atoms with Gasteiger partial charge in [0.1, 0.15) is 11.3 Å². The van der Waals surface area contributed by atoms with E-state index < -0.39 is 0 Å². The maximum absolute atomic E-state index is 13.4. The first-order valence-corrected chi connectivity index (χ1v) is 7.49. The van der Waals surface area contributed by atoms with Gasteiger partial charge in [-0.2, -0.15) is 0 Å². The summed E-state index contributed by atoms with van der Waals surface area (Å²) in [6.45, 7) is 4.04. The molecule has 0 radical (unpaired) electrons. The number of aromatic nitrogens is 1. The fraction of sp³-hybridized carbons (Fsp3) is 0.533. The zero-order chi connectivity index (χ0) is 14.2. The number of oxazole rings is 1. The maximum Gasteiger partial charge on any atom is 0.203 e. The van der Waals surface area contributed by atoms with Gasteiger partial charge in [0.05, 0.1) is 10.4 Å². The summed E-state index contributed by atoms with van der Waals surface area (Å²) in [5.74, 6) is 0.308. The number of nitrogens with one attached hydrogen (secondary N) is 1. The SMILES string of the molecule is CCCC1(c2nc3cc(F)cc(Cl)c3o2)CCCNC1. The average molecular weight is 297 g/mol. The molecule has 1 aromatic carbocycles. The van der Waals surface area contributed by atoms with Gasteiger partial charge in [-0.3, -0.25) is 0 Å². The van der Waals surface area contributed by atoms with Crippen LogP contribution in [0.2, 0.25) is 5.02 Å². The van der Waals surface area contributed by atoms with Crippen molar-refractivity contribution in [1.29, 1.82) is 0 Å². The second kappa shape index (κ2) is 5.34. The summed E-state index contributed by atoms with van der Waals surface area (Å²) < 4.78 is 19.3. The standard InChI is InChI=1S/C15H18ClFN2O/c1-2-4-15(5-3-6-18-9-15)14-19-12-8-10(17)7-11(16)13(12)20-14/h7-8,18H,2-6,9H2,1H3. The maximum atomic E-state index is 13.4. The lowest BCUT2D eigenvalue weighted by molar-refractivity contribution is 0.239. The number of nitrogens with zero attached hydrogens (tertiary/aromatic N) is 1. The third-order valence-electron chi connectivity index (χ3n) is 4.06. The Morgan fingerprint density at radius 1 is 1.50 bits per heavy atom. The number of benzene rings is 1. The van der Waals surface area contributed by atoms with Gasteiger partial charge in [-0.15, -0.1) is 0 Å². The summed E-state index contributed by atoms with van der Waals surface area (Å²) in [6, 6.07) is 2.65. The van der Waals surface area contributed by atoms with Crippen molar-refractivity contribution in [1.82, 2.24) is 10.3 Å². The van der Waals surface area contributed by atoms with Gasteiger partial charge < -0.3 is 9.73 Å². The van der Waals surface area contributed by atoms with Gasteiger partial charge in [0.2, 0.25) is 5.89 Å². The summed E-state index contributed by atoms with van der Waals surface area (Å²) in [5, 5.41) is 3.71. The van der Waals surface area contributed by atoms with E-state index in [1.807, 2.05) is 0 Å². The van der Waals surface area contributed by atoms with Gasteiger partial charge in [-0.05, 0) is 31.9 Å². The Morgan fingerprint density at radius 2 is 2.35 bits per heavy atom. The molecular formula is C15H18ClFN2O. The highest BCUT2D eigenvalue weighted by Gasteiger charge is 2.38. The Morgan fingerprint density at radius 3 is 3.05 bits per heavy atom. The topological polar surface area (TPSA) is 38.1 Å². The van der Waals surface area contributed by atoms with Crippen molar-refractivity contribution in [2.45, 2.75) is 38.0 Å².